The molecule has 0 unspecified atom stereocenters. The van der Waals surface area contributed by atoms with Crippen LogP contribution in [0.4, 0.5) is 26.5 Å². The smallest absolute Gasteiger partial charge is 0.442 e. The Balaban J connectivity index is 1.58. The van der Waals surface area contributed by atoms with Crippen LogP contribution >= 0.6 is 23.2 Å². The zero-order valence-electron chi connectivity index (χ0n) is 22.8. The monoisotopic (exact) mass is 667 g/mol. The van der Waals surface area contributed by atoms with Gasteiger partial charge in [-0.05, 0) is 55.0 Å². The van der Waals surface area contributed by atoms with Crippen molar-refractivity contribution in [2.24, 2.45) is 4.36 Å². The number of ether oxygens (including phenoxy) is 2. The van der Waals surface area contributed by atoms with Crippen molar-refractivity contribution < 1.29 is 31.3 Å². The first-order valence-corrected chi connectivity index (χ1v) is 16.4. The van der Waals surface area contributed by atoms with E-state index in [1.54, 1.807) is 25.1 Å². The van der Waals surface area contributed by atoms with E-state index in [4.69, 9.17) is 32.7 Å². The van der Waals surface area contributed by atoms with E-state index >= 15 is 4.39 Å². The zero-order valence-corrected chi connectivity index (χ0v) is 25.9. The second kappa shape index (κ2) is 13.1. The Morgan fingerprint density at radius 1 is 1.07 bits per heavy atom. The molecule has 2 N–H and O–H groups in total. The number of carbonyl (C=O) groups excluding carboxylic acids is 1. The molecule has 0 aliphatic carbocycles. The minimum Gasteiger partial charge on any atom is -0.480 e. The van der Waals surface area contributed by atoms with Crippen LogP contribution in [0.3, 0.4) is 0 Å². The maximum Gasteiger partial charge on any atom is 0.442 e. The number of nitrogens with zero attached hydrogens (tertiary/aromatic N) is 3. The second-order valence-corrected chi connectivity index (χ2v) is 13.4. The molecular weight excluding hydrogens is 644 g/mol. The molecule has 0 spiro atoms. The molecule has 0 radical (unpaired) electrons. The van der Waals surface area contributed by atoms with Crippen molar-refractivity contribution in [3.63, 3.8) is 0 Å². The van der Waals surface area contributed by atoms with Gasteiger partial charge in [0.2, 0.25) is 11.8 Å². The quantitative estimate of drug-likeness (QED) is 0.197. The summed E-state index contributed by atoms with van der Waals surface area (Å²) in [6, 6.07) is 14.3. The van der Waals surface area contributed by atoms with Gasteiger partial charge in [0.25, 0.3) is 10.0 Å². The summed E-state index contributed by atoms with van der Waals surface area (Å²) in [7, 11) is -5.97. The van der Waals surface area contributed by atoms with Crippen LogP contribution < -0.4 is 14.8 Å². The number of aromatic nitrogens is 2. The molecule has 1 heterocycles. The van der Waals surface area contributed by atoms with Crippen LogP contribution in [-0.2, 0) is 24.5 Å². The van der Waals surface area contributed by atoms with Crippen molar-refractivity contribution in [2.45, 2.75) is 16.7 Å². The minimum atomic E-state index is -4.25. The largest absolute Gasteiger partial charge is 0.480 e. The SMILES string of the molecule is CCOC(=O)N=[S@](C)(=O)c1cccc(Nc2ncc(-c3ccc(NS(=O)(=O)c4cccc(Cl)c4Cl)c(F)c3)c(OC)n2)c1. The average molecular weight is 669 g/mol. The number of hydrogen-bond acceptors (Lipinski definition) is 9. The first-order chi connectivity index (χ1) is 20.3. The number of methoxy groups -OCH3 is 1. The van der Waals surface area contributed by atoms with E-state index in [1.807, 2.05) is 0 Å². The molecule has 11 nitrogen and oxygen atoms in total. The Kier molecular flexibility index (Phi) is 9.75. The van der Waals surface area contributed by atoms with Crippen molar-refractivity contribution in [1.29, 1.82) is 0 Å². The normalized spacial score (nSPS) is 12.6. The first kappa shape index (κ1) is 31.9. The Morgan fingerprint density at radius 3 is 2.51 bits per heavy atom. The molecule has 0 bridgehead atoms. The van der Waals surface area contributed by atoms with Gasteiger partial charge in [-0.25, -0.2) is 26.8 Å². The predicted molar refractivity (Wildman–Crippen MR) is 163 cm³/mol. The number of hydrogen-bond donors (Lipinski definition) is 2. The molecular formula is C27H24Cl2FN5O6S2. The Hall–Kier alpha value is -3.98. The number of amides is 1. The van der Waals surface area contributed by atoms with Crippen LogP contribution in [0.2, 0.25) is 10.0 Å². The molecule has 1 aromatic heterocycles. The predicted octanol–water partition coefficient (Wildman–Crippen LogP) is 6.76. The van der Waals surface area contributed by atoms with Gasteiger partial charge < -0.3 is 14.8 Å². The zero-order chi connectivity index (χ0) is 31.4. The van der Waals surface area contributed by atoms with Gasteiger partial charge in [-0.3, -0.25) is 4.72 Å². The van der Waals surface area contributed by atoms with Gasteiger partial charge in [0.1, 0.15) is 10.7 Å². The van der Waals surface area contributed by atoms with Gasteiger partial charge in [-0.15, -0.1) is 4.36 Å². The van der Waals surface area contributed by atoms with Crippen molar-refractivity contribution >= 4 is 66.4 Å². The van der Waals surface area contributed by atoms with E-state index in [0.29, 0.717) is 16.8 Å². The number of halogens is 3. The molecule has 0 fully saturated rings. The fourth-order valence-corrected chi connectivity index (χ4v) is 6.67. The van der Waals surface area contributed by atoms with Crippen LogP contribution in [0.5, 0.6) is 5.88 Å². The third-order valence-electron chi connectivity index (χ3n) is 5.72. The number of nitrogens with one attached hydrogen (secondary N) is 2. The number of benzene rings is 3. The molecule has 0 aliphatic rings. The van der Waals surface area contributed by atoms with Gasteiger partial charge >= 0.3 is 6.09 Å². The van der Waals surface area contributed by atoms with Crippen molar-refractivity contribution in [1.82, 2.24) is 9.97 Å². The second-order valence-electron chi connectivity index (χ2n) is 8.71. The third kappa shape index (κ3) is 7.51. The van der Waals surface area contributed by atoms with E-state index in [-0.39, 0.29) is 44.0 Å². The maximum atomic E-state index is 15.1. The van der Waals surface area contributed by atoms with E-state index < -0.39 is 31.7 Å². The standard InChI is InChI=1S/C27H24Cl2FN5O6S2/c1-4-41-27(36)35-42(3,37)18-8-5-7-17(14-18)32-26-31-15-19(25(33-26)40-2)16-11-12-22(21(30)13-16)34-43(38,39)23-10-6-9-20(28)24(23)29/h5-15,34H,4H2,1-3H3,(H,31,32,33)/t42-/m1/s1. The van der Waals surface area contributed by atoms with Crippen LogP contribution in [0, 0.1) is 5.82 Å². The van der Waals surface area contributed by atoms with E-state index in [0.717, 1.165) is 6.07 Å². The summed E-state index contributed by atoms with van der Waals surface area (Å²) in [5.41, 5.74) is 0.749. The topological polar surface area (TPSA) is 149 Å². The number of rotatable bonds is 9. The fourth-order valence-electron chi connectivity index (χ4n) is 3.72. The Bertz CT molecular complexity index is 1940. The summed E-state index contributed by atoms with van der Waals surface area (Å²) in [5, 5.41) is 2.81. The lowest BCUT2D eigenvalue weighted by Crippen LogP contribution is -2.14. The summed E-state index contributed by atoms with van der Waals surface area (Å²) in [6.45, 7) is 1.72. The van der Waals surface area contributed by atoms with Gasteiger partial charge in [0.15, 0.2) is 0 Å². The van der Waals surface area contributed by atoms with Crippen LogP contribution in [0.15, 0.2) is 81.0 Å². The molecule has 1 amide bonds. The molecule has 1 atom stereocenters. The van der Waals surface area contributed by atoms with Gasteiger partial charge in [-0.1, -0.05) is 41.4 Å². The highest BCUT2D eigenvalue weighted by atomic mass is 35.5. The summed E-state index contributed by atoms with van der Waals surface area (Å²) >= 11 is 12.0. The number of anilines is 3. The van der Waals surface area contributed by atoms with Crippen LogP contribution in [0.1, 0.15) is 6.92 Å². The molecule has 16 heteroatoms. The molecule has 43 heavy (non-hydrogen) atoms. The molecule has 226 valence electrons. The van der Waals surface area contributed by atoms with Gasteiger partial charge in [0.05, 0.1) is 44.7 Å². The molecule has 3 aromatic carbocycles. The van der Waals surface area contributed by atoms with Gasteiger partial charge in [0, 0.05) is 23.0 Å². The molecule has 4 rings (SSSR count). The average Bonchev–Trinajstić information content (AvgIpc) is 2.95. The Labute approximate surface area is 257 Å². The number of sulfonamides is 1. The molecule has 4 aromatic rings. The highest BCUT2D eigenvalue weighted by Crippen LogP contribution is 2.34. The van der Waals surface area contributed by atoms with E-state index in [1.165, 1.54) is 56.0 Å². The highest BCUT2D eigenvalue weighted by Gasteiger charge is 2.22. The lowest BCUT2D eigenvalue weighted by atomic mass is 10.1. The lowest BCUT2D eigenvalue weighted by Gasteiger charge is -2.13. The summed E-state index contributed by atoms with van der Waals surface area (Å²) in [4.78, 5) is 20.3. The summed E-state index contributed by atoms with van der Waals surface area (Å²) < 4.78 is 69.7. The maximum absolute atomic E-state index is 15.1. The highest BCUT2D eigenvalue weighted by molar-refractivity contribution is 7.93. The first-order valence-electron chi connectivity index (χ1n) is 12.3. The van der Waals surface area contributed by atoms with Crippen molar-refractivity contribution in [3.8, 4) is 17.0 Å². The molecule has 0 saturated heterocycles. The van der Waals surface area contributed by atoms with Crippen molar-refractivity contribution in [3.05, 3.63) is 82.7 Å². The third-order valence-corrected chi connectivity index (χ3v) is 9.69. The van der Waals surface area contributed by atoms with E-state index in [2.05, 4.69) is 24.4 Å². The van der Waals surface area contributed by atoms with E-state index in [9.17, 15) is 17.4 Å². The fraction of sp³-hybridized carbons (Fsp3) is 0.148. The van der Waals surface area contributed by atoms with Crippen molar-refractivity contribution in [2.75, 3.05) is 30.0 Å². The van der Waals surface area contributed by atoms with Crippen LogP contribution in [-0.4, -0.2) is 48.7 Å². The summed E-state index contributed by atoms with van der Waals surface area (Å²) in [6.07, 6.45) is 1.78. The summed E-state index contributed by atoms with van der Waals surface area (Å²) in [5.74, 6) is -0.689. The van der Waals surface area contributed by atoms with Gasteiger partial charge in [-0.2, -0.15) is 4.98 Å². The molecule has 0 aliphatic heterocycles. The van der Waals surface area contributed by atoms with Crippen LogP contribution in [0.25, 0.3) is 11.1 Å². The lowest BCUT2D eigenvalue weighted by molar-refractivity contribution is 0.164. The molecule has 0 saturated carbocycles. The minimum absolute atomic E-state index is 0.0348. The Morgan fingerprint density at radius 2 is 1.81 bits per heavy atom. The number of carbonyl (C=O) groups is 1.